The Hall–Kier alpha value is -0.410. The maximum Gasteiger partial charge on any atom is 0.0962 e. The first-order chi connectivity index (χ1) is 7.38. The van der Waals surface area contributed by atoms with Gasteiger partial charge in [-0.15, -0.1) is 11.3 Å². The standard InChI is InChI=1S/C12H18N2S/c1-2-13-7-10-11(8-3-4-8)14-12(15-10)9-5-6-9/h8-9,13H,2-7H2,1H3. The highest BCUT2D eigenvalue weighted by Crippen LogP contribution is 2.47. The number of nitrogens with zero attached hydrogens (tertiary/aromatic N) is 1. The molecule has 2 aliphatic carbocycles. The molecule has 0 bridgehead atoms. The third-order valence-corrected chi connectivity index (χ3v) is 4.40. The summed E-state index contributed by atoms with van der Waals surface area (Å²) in [5.41, 5.74) is 1.43. The molecule has 0 radical (unpaired) electrons. The fourth-order valence-electron chi connectivity index (χ4n) is 1.93. The molecule has 15 heavy (non-hydrogen) atoms. The molecule has 0 aliphatic heterocycles. The van der Waals surface area contributed by atoms with Gasteiger partial charge in [-0.1, -0.05) is 6.92 Å². The molecule has 1 aromatic heterocycles. The molecule has 1 aromatic rings. The van der Waals surface area contributed by atoms with Crippen LogP contribution in [0.5, 0.6) is 0 Å². The van der Waals surface area contributed by atoms with Crippen molar-refractivity contribution in [3.63, 3.8) is 0 Å². The van der Waals surface area contributed by atoms with Crippen LogP contribution in [0.4, 0.5) is 0 Å². The van der Waals surface area contributed by atoms with Crippen LogP contribution in [0.25, 0.3) is 0 Å². The van der Waals surface area contributed by atoms with Crippen molar-refractivity contribution in [2.75, 3.05) is 6.54 Å². The molecule has 3 rings (SSSR count). The minimum Gasteiger partial charge on any atom is -0.312 e. The Morgan fingerprint density at radius 3 is 2.60 bits per heavy atom. The number of thiazole rings is 1. The van der Waals surface area contributed by atoms with Gasteiger partial charge in [-0.05, 0) is 32.2 Å². The van der Waals surface area contributed by atoms with E-state index in [1.165, 1.54) is 41.3 Å². The lowest BCUT2D eigenvalue weighted by Gasteiger charge is -2.00. The second kappa shape index (κ2) is 3.87. The predicted octanol–water partition coefficient (Wildman–Crippen LogP) is 3.01. The van der Waals surface area contributed by atoms with Crippen LogP contribution in [0, 0.1) is 0 Å². The van der Waals surface area contributed by atoms with Crippen molar-refractivity contribution in [2.45, 2.75) is 51.0 Å². The van der Waals surface area contributed by atoms with Gasteiger partial charge in [-0.25, -0.2) is 4.98 Å². The maximum atomic E-state index is 4.87. The predicted molar refractivity (Wildman–Crippen MR) is 63.4 cm³/mol. The van der Waals surface area contributed by atoms with Crippen molar-refractivity contribution in [3.05, 3.63) is 15.6 Å². The largest absolute Gasteiger partial charge is 0.312 e. The van der Waals surface area contributed by atoms with Crippen molar-refractivity contribution in [1.82, 2.24) is 10.3 Å². The van der Waals surface area contributed by atoms with Gasteiger partial charge < -0.3 is 5.32 Å². The van der Waals surface area contributed by atoms with E-state index in [4.69, 9.17) is 4.98 Å². The second-order valence-corrected chi connectivity index (χ2v) is 5.80. The Labute approximate surface area is 95.1 Å². The summed E-state index contributed by atoms with van der Waals surface area (Å²) in [7, 11) is 0. The Balaban J connectivity index is 1.81. The fraction of sp³-hybridized carbons (Fsp3) is 0.750. The Bertz CT molecular complexity index is 351. The molecule has 1 N–H and O–H groups in total. The molecule has 0 aromatic carbocycles. The third kappa shape index (κ3) is 2.08. The van der Waals surface area contributed by atoms with E-state index in [0.29, 0.717) is 0 Å². The fourth-order valence-corrected chi connectivity index (χ4v) is 3.22. The molecule has 2 nitrogen and oxygen atoms in total. The summed E-state index contributed by atoms with van der Waals surface area (Å²) in [6.45, 7) is 4.26. The number of rotatable bonds is 5. The minimum absolute atomic E-state index is 0.808. The lowest BCUT2D eigenvalue weighted by Crippen LogP contribution is -2.11. The zero-order chi connectivity index (χ0) is 10.3. The van der Waals surface area contributed by atoms with E-state index >= 15 is 0 Å². The third-order valence-electron chi connectivity index (χ3n) is 3.17. The van der Waals surface area contributed by atoms with E-state index in [0.717, 1.165) is 24.9 Å². The van der Waals surface area contributed by atoms with Crippen molar-refractivity contribution in [3.8, 4) is 0 Å². The smallest absolute Gasteiger partial charge is 0.0962 e. The van der Waals surface area contributed by atoms with Gasteiger partial charge in [0.05, 0.1) is 10.7 Å². The Morgan fingerprint density at radius 2 is 2.00 bits per heavy atom. The molecule has 0 spiro atoms. The normalized spacial score (nSPS) is 20.9. The van der Waals surface area contributed by atoms with Crippen LogP contribution in [0.2, 0.25) is 0 Å². The van der Waals surface area contributed by atoms with E-state index in [9.17, 15) is 0 Å². The maximum absolute atomic E-state index is 4.87. The summed E-state index contributed by atoms with van der Waals surface area (Å²) in [6.07, 6.45) is 5.48. The monoisotopic (exact) mass is 222 g/mol. The molecule has 0 saturated heterocycles. The molecule has 0 unspecified atom stereocenters. The lowest BCUT2D eigenvalue weighted by atomic mass is 10.2. The van der Waals surface area contributed by atoms with Gasteiger partial charge in [0.15, 0.2) is 0 Å². The van der Waals surface area contributed by atoms with Gasteiger partial charge >= 0.3 is 0 Å². The van der Waals surface area contributed by atoms with E-state index < -0.39 is 0 Å². The highest BCUT2D eigenvalue weighted by Gasteiger charge is 2.33. The quantitative estimate of drug-likeness (QED) is 0.828. The molecule has 0 amide bonds. The topological polar surface area (TPSA) is 24.9 Å². The van der Waals surface area contributed by atoms with Gasteiger partial charge in [0.1, 0.15) is 0 Å². The molecule has 3 heteroatoms. The van der Waals surface area contributed by atoms with Crippen LogP contribution in [0.1, 0.15) is 60.0 Å². The lowest BCUT2D eigenvalue weighted by molar-refractivity contribution is 0.726. The summed E-state index contributed by atoms with van der Waals surface area (Å²) in [5, 5.41) is 4.85. The van der Waals surface area contributed by atoms with Crippen LogP contribution < -0.4 is 5.32 Å². The van der Waals surface area contributed by atoms with E-state index in [-0.39, 0.29) is 0 Å². The van der Waals surface area contributed by atoms with E-state index in [2.05, 4.69) is 12.2 Å². The summed E-state index contributed by atoms with van der Waals surface area (Å²) >= 11 is 1.96. The summed E-state index contributed by atoms with van der Waals surface area (Å²) in [4.78, 5) is 6.38. The average molecular weight is 222 g/mol. The molecule has 2 saturated carbocycles. The van der Waals surface area contributed by atoms with Gasteiger partial charge in [0, 0.05) is 23.3 Å². The SMILES string of the molecule is CCNCc1sc(C2CC2)nc1C1CC1. The zero-order valence-electron chi connectivity index (χ0n) is 9.25. The highest BCUT2D eigenvalue weighted by molar-refractivity contribution is 7.11. The summed E-state index contributed by atoms with van der Waals surface area (Å²) < 4.78 is 0. The van der Waals surface area contributed by atoms with Crippen LogP contribution in [0.15, 0.2) is 0 Å². The molecule has 0 atom stereocenters. The number of nitrogens with one attached hydrogen (secondary N) is 1. The first-order valence-corrected chi connectivity index (χ1v) is 6.90. The van der Waals surface area contributed by atoms with Gasteiger partial charge in [0.2, 0.25) is 0 Å². The zero-order valence-corrected chi connectivity index (χ0v) is 10.1. The van der Waals surface area contributed by atoms with E-state index in [1.54, 1.807) is 0 Å². The summed E-state index contributed by atoms with van der Waals surface area (Å²) in [5.74, 6) is 1.63. The van der Waals surface area contributed by atoms with Crippen molar-refractivity contribution < 1.29 is 0 Å². The summed E-state index contributed by atoms with van der Waals surface area (Å²) in [6, 6.07) is 0. The number of hydrogen-bond donors (Lipinski definition) is 1. The van der Waals surface area contributed by atoms with Gasteiger partial charge in [0.25, 0.3) is 0 Å². The Kier molecular flexibility index (Phi) is 2.53. The minimum atomic E-state index is 0.808. The average Bonchev–Trinajstić information content (AvgIpc) is 3.12. The van der Waals surface area contributed by atoms with Crippen molar-refractivity contribution >= 4 is 11.3 Å². The first kappa shape index (κ1) is 9.79. The van der Waals surface area contributed by atoms with Crippen LogP contribution in [-0.2, 0) is 6.54 Å². The van der Waals surface area contributed by atoms with Crippen LogP contribution in [-0.4, -0.2) is 11.5 Å². The first-order valence-electron chi connectivity index (χ1n) is 6.08. The van der Waals surface area contributed by atoms with E-state index in [1.807, 2.05) is 11.3 Å². The van der Waals surface area contributed by atoms with Crippen LogP contribution >= 0.6 is 11.3 Å². The highest BCUT2D eigenvalue weighted by atomic mass is 32.1. The second-order valence-electron chi connectivity index (χ2n) is 4.69. The molecule has 2 aliphatic rings. The number of aromatic nitrogens is 1. The molecule has 82 valence electrons. The molecule has 1 heterocycles. The molecular weight excluding hydrogens is 204 g/mol. The Morgan fingerprint density at radius 1 is 1.27 bits per heavy atom. The van der Waals surface area contributed by atoms with Gasteiger partial charge in [-0.3, -0.25) is 0 Å². The van der Waals surface area contributed by atoms with Gasteiger partial charge in [-0.2, -0.15) is 0 Å². The van der Waals surface area contributed by atoms with Crippen LogP contribution in [0.3, 0.4) is 0 Å². The van der Waals surface area contributed by atoms with Crippen molar-refractivity contribution in [1.29, 1.82) is 0 Å². The number of hydrogen-bond acceptors (Lipinski definition) is 3. The molecule has 2 fully saturated rings. The van der Waals surface area contributed by atoms with Crippen molar-refractivity contribution in [2.24, 2.45) is 0 Å². The molecular formula is C12H18N2S.